The van der Waals surface area contributed by atoms with E-state index in [2.05, 4.69) is 10.4 Å². The Balaban J connectivity index is 1.99. The summed E-state index contributed by atoms with van der Waals surface area (Å²) in [4.78, 5) is 23.5. The highest BCUT2D eigenvalue weighted by Crippen LogP contribution is 1.94. The van der Waals surface area contributed by atoms with Crippen molar-refractivity contribution in [3.05, 3.63) is 34.9 Å². The van der Waals surface area contributed by atoms with Gasteiger partial charge >= 0.3 is 5.69 Å². The summed E-state index contributed by atoms with van der Waals surface area (Å²) in [6.45, 7) is 0.503. The minimum atomic E-state index is -0.332. The second-order valence-corrected chi connectivity index (χ2v) is 4.15. The highest BCUT2D eigenvalue weighted by Gasteiger charge is 2.09. The number of fused-ring (bicyclic) bond motifs is 1. The van der Waals surface area contributed by atoms with Gasteiger partial charge in [0, 0.05) is 19.3 Å². The van der Waals surface area contributed by atoms with Crippen LogP contribution < -0.4 is 11.0 Å². The van der Waals surface area contributed by atoms with Gasteiger partial charge in [-0.15, -0.1) is 5.10 Å². The number of nitrogens with zero attached hydrogens (tertiary/aromatic N) is 3. The molecule has 0 aromatic carbocycles. The molecule has 0 unspecified atom stereocenters. The van der Waals surface area contributed by atoms with E-state index in [4.69, 9.17) is 5.11 Å². The van der Waals surface area contributed by atoms with Gasteiger partial charge in [-0.1, -0.05) is 6.07 Å². The first kappa shape index (κ1) is 13.3. The van der Waals surface area contributed by atoms with Crippen molar-refractivity contribution in [2.45, 2.75) is 19.4 Å². The van der Waals surface area contributed by atoms with Crippen LogP contribution >= 0.6 is 0 Å². The summed E-state index contributed by atoms with van der Waals surface area (Å²) >= 11 is 0. The average molecular weight is 264 g/mol. The number of carbonyl (C=O) groups excluding carboxylic acids is 1. The molecule has 7 heteroatoms. The van der Waals surface area contributed by atoms with Gasteiger partial charge in [-0.05, 0) is 25.0 Å². The number of amides is 1. The molecule has 0 saturated heterocycles. The van der Waals surface area contributed by atoms with Gasteiger partial charge in [-0.2, -0.15) is 0 Å². The average Bonchev–Trinajstić information content (AvgIpc) is 2.72. The zero-order chi connectivity index (χ0) is 13.7. The Bertz CT molecular complexity index is 617. The molecule has 7 nitrogen and oxygen atoms in total. The van der Waals surface area contributed by atoms with Crippen LogP contribution in [-0.4, -0.2) is 38.3 Å². The smallest absolute Gasteiger partial charge is 0.350 e. The standard InChI is InChI=1S/C12H16N4O3/c17-8-4-2-6-13-11(18)9-16-12(19)15-7-3-1-5-10(15)14-16/h1,3,5,7,17H,2,4,6,8-9H2,(H,13,18). The zero-order valence-corrected chi connectivity index (χ0v) is 10.5. The van der Waals surface area contributed by atoms with Crippen LogP contribution in [0.15, 0.2) is 29.2 Å². The van der Waals surface area contributed by atoms with E-state index in [1.165, 1.54) is 4.40 Å². The van der Waals surface area contributed by atoms with E-state index in [0.29, 0.717) is 25.0 Å². The van der Waals surface area contributed by atoms with Crippen LogP contribution in [0, 0.1) is 0 Å². The Hall–Kier alpha value is -2.15. The molecule has 0 spiro atoms. The highest BCUT2D eigenvalue weighted by molar-refractivity contribution is 5.75. The van der Waals surface area contributed by atoms with E-state index in [1.54, 1.807) is 24.4 Å². The molecule has 0 aliphatic heterocycles. The molecule has 102 valence electrons. The van der Waals surface area contributed by atoms with Crippen molar-refractivity contribution >= 4 is 11.6 Å². The van der Waals surface area contributed by atoms with Crippen molar-refractivity contribution in [3.8, 4) is 0 Å². The molecule has 0 bridgehead atoms. The maximum atomic E-state index is 11.9. The van der Waals surface area contributed by atoms with E-state index in [0.717, 1.165) is 4.68 Å². The number of aliphatic hydroxyl groups is 1. The summed E-state index contributed by atoms with van der Waals surface area (Å²) < 4.78 is 2.52. The maximum absolute atomic E-state index is 11.9. The van der Waals surface area contributed by atoms with Crippen LogP contribution in [-0.2, 0) is 11.3 Å². The molecule has 0 radical (unpaired) electrons. The molecule has 0 fully saturated rings. The van der Waals surface area contributed by atoms with Crippen molar-refractivity contribution in [2.24, 2.45) is 0 Å². The molecule has 2 N–H and O–H groups in total. The summed E-state index contributed by atoms with van der Waals surface area (Å²) in [5.74, 6) is -0.261. The first-order chi connectivity index (χ1) is 9.22. The second-order valence-electron chi connectivity index (χ2n) is 4.15. The molecule has 0 aliphatic carbocycles. The van der Waals surface area contributed by atoms with Crippen molar-refractivity contribution in [3.63, 3.8) is 0 Å². The van der Waals surface area contributed by atoms with Gasteiger partial charge in [-0.25, -0.2) is 9.48 Å². The first-order valence-corrected chi connectivity index (χ1v) is 6.14. The normalized spacial score (nSPS) is 10.8. The van der Waals surface area contributed by atoms with E-state index < -0.39 is 0 Å². The number of nitrogens with one attached hydrogen (secondary N) is 1. The lowest BCUT2D eigenvalue weighted by Crippen LogP contribution is -2.33. The minimum Gasteiger partial charge on any atom is -0.396 e. The van der Waals surface area contributed by atoms with Gasteiger partial charge in [0.05, 0.1) is 0 Å². The fourth-order valence-electron chi connectivity index (χ4n) is 1.73. The van der Waals surface area contributed by atoms with Crippen molar-refractivity contribution in [1.29, 1.82) is 0 Å². The fraction of sp³-hybridized carbons (Fsp3) is 0.417. The molecule has 0 aliphatic rings. The molecule has 2 aromatic heterocycles. The Kier molecular flexibility index (Phi) is 4.30. The van der Waals surface area contributed by atoms with Gasteiger partial charge in [0.2, 0.25) is 5.91 Å². The third-order valence-electron chi connectivity index (χ3n) is 2.69. The molecule has 19 heavy (non-hydrogen) atoms. The number of hydrogen-bond acceptors (Lipinski definition) is 4. The molecular formula is C12H16N4O3. The zero-order valence-electron chi connectivity index (χ0n) is 10.5. The fourth-order valence-corrected chi connectivity index (χ4v) is 1.73. The van der Waals surface area contributed by atoms with Crippen LogP contribution in [0.25, 0.3) is 5.65 Å². The predicted octanol–water partition coefficient (Wildman–Crippen LogP) is -0.615. The lowest BCUT2D eigenvalue weighted by Gasteiger charge is -2.03. The SMILES string of the molecule is O=C(Cn1nc2ccccn2c1=O)NCCCCO. The maximum Gasteiger partial charge on any atom is 0.350 e. The van der Waals surface area contributed by atoms with Crippen LogP contribution in [0.5, 0.6) is 0 Å². The largest absolute Gasteiger partial charge is 0.396 e. The number of pyridine rings is 1. The number of hydrogen-bond donors (Lipinski definition) is 2. The number of aliphatic hydroxyl groups excluding tert-OH is 1. The predicted molar refractivity (Wildman–Crippen MR) is 68.8 cm³/mol. The Labute approximate surface area is 109 Å². The number of aromatic nitrogens is 3. The van der Waals surface area contributed by atoms with Gasteiger partial charge in [0.1, 0.15) is 6.54 Å². The van der Waals surface area contributed by atoms with Gasteiger partial charge in [-0.3, -0.25) is 9.20 Å². The highest BCUT2D eigenvalue weighted by atomic mass is 16.3. The first-order valence-electron chi connectivity index (χ1n) is 6.14. The second kappa shape index (κ2) is 6.14. The monoisotopic (exact) mass is 264 g/mol. The summed E-state index contributed by atoms with van der Waals surface area (Å²) in [5.41, 5.74) is 0.182. The van der Waals surface area contributed by atoms with E-state index in [9.17, 15) is 9.59 Å². The molecule has 2 heterocycles. The lowest BCUT2D eigenvalue weighted by atomic mass is 10.3. The van der Waals surface area contributed by atoms with Gasteiger partial charge in [0.25, 0.3) is 0 Å². The number of unbranched alkanes of at least 4 members (excludes halogenated alkanes) is 1. The van der Waals surface area contributed by atoms with Crippen LogP contribution in [0.3, 0.4) is 0 Å². The molecule has 2 aromatic rings. The minimum absolute atomic E-state index is 0.0976. The third-order valence-corrected chi connectivity index (χ3v) is 2.69. The number of carbonyl (C=O) groups is 1. The molecule has 2 rings (SSSR count). The van der Waals surface area contributed by atoms with Crippen LogP contribution in [0.1, 0.15) is 12.8 Å². The summed E-state index contributed by atoms with van der Waals surface area (Å²) in [5, 5.41) is 15.4. The van der Waals surface area contributed by atoms with Crippen molar-refractivity contribution < 1.29 is 9.90 Å². The Morgan fingerprint density at radius 2 is 2.21 bits per heavy atom. The van der Waals surface area contributed by atoms with E-state index in [-0.39, 0.29) is 24.7 Å². The summed E-state index contributed by atoms with van der Waals surface area (Å²) in [6.07, 6.45) is 2.97. The molecular weight excluding hydrogens is 248 g/mol. The molecule has 0 saturated carbocycles. The Morgan fingerprint density at radius 1 is 1.37 bits per heavy atom. The van der Waals surface area contributed by atoms with Crippen molar-refractivity contribution in [1.82, 2.24) is 19.5 Å². The van der Waals surface area contributed by atoms with E-state index >= 15 is 0 Å². The summed E-state index contributed by atoms with van der Waals surface area (Å²) in [6, 6.07) is 5.22. The quantitative estimate of drug-likeness (QED) is 0.681. The number of rotatable bonds is 6. The molecule has 1 amide bonds. The lowest BCUT2D eigenvalue weighted by molar-refractivity contribution is -0.121. The van der Waals surface area contributed by atoms with Gasteiger partial charge < -0.3 is 10.4 Å². The Morgan fingerprint density at radius 3 is 2.95 bits per heavy atom. The molecule has 0 atom stereocenters. The summed E-state index contributed by atoms with van der Waals surface area (Å²) in [7, 11) is 0. The van der Waals surface area contributed by atoms with E-state index in [1.807, 2.05) is 0 Å². The van der Waals surface area contributed by atoms with Gasteiger partial charge in [0.15, 0.2) is 5.65 Å². The topological polar surface area (TPSA) is 88.6 Å². The van der Waals surface area contributed by atoms with Crippen LogP contribution in [0.4, 0.5) is 0 Å². The van der Waals surface area contributed by atoms with Crippen molar-refractivity contribution in [2.75, 3.05) is 13.2 Å². The van der Waals surface area contributed by atoms with Crippen LogP contribution in [0.2, 0.25) is 0 Å². The third kappa shape index (κ3) is 3.19.